The molecule has 0 heterocycles. The molecule has 0 aromatic heterocycles. The first-order chi connectivity index (χ1) is 44.5. The van der Waals surface area contributed by atoms with E-state index in [1.807, 2.05) is 27.2 Å². The second-order valence-corrected chi connectivity index (χ2v) is 29.5. The lowest BCUT2D eigenvalue weighted by molar-refractivity contribution is -0.870. The summed E-state index contributed by atoms with van der Waals surface area (Å²) in [5.74, 6) is -0.191. The van der Waals surface area contributed by atoms with Gasteiger partial charge >= 0.3 is 0 Å². The number of aliphatic hydroxyl groups excluding tert-OH is 1. The summed E-state index contributed by atoms with van der Waals surface area (Å²) in [5.41, 5.74) is 0. The van der Waals surface area contributed by atoms with Crippen LogP contribution in [0.25, 0.3) is 0 Å². The molecule has 9 heteroatoms. The molecular formula is C82H153N2O6P. The van der Waals surface area contributed by atoms with Crippen LogP contribution in [0.5, 0.6) is 0 Å². The first-order valence-electron chi connectivity index (χ1n) is 39.4. The summed E-state index contributed by atoms with van der Waals surface area (Å²) in [7, 11) is 1.28. The van der Waals surface area contributed by atoms with Crippen molar-refractivity contribution in [3.8, 4) is 0 Å². The predicted octanol–water partition coefficient (Wildman–Crippen LogP) is 25.2. The van der Waals surface area contributed by atoms with Crippen LogP contribution in [0.4, 0.5) is 0 Å². The molecule has 8 nitrogen and oxygen atoms in total. The van der Waals surface area contributed by atoms with Crippen molar-refractivity contribution in [3.05, 3.63) is 85.1 Å². The minimum atomic E-state index is -4.61. The highest BCUT2D eigenvalue weighted by atomic mass is 31.2. The van der Waals surface area contributed by atoms with Crippen LogP contribution in [0.1, 0.15) is 380 Å². The standard InChI is InChI=1S/C82H153N2O6P/c1-6-8-10-12-14-16-18-20-22-24-26-28-30-32-34-36-37-38-39-40-41-42-43-44-45-46-47-48-50-52-54-56-58-60-62-64-66-68-70-72-74-76-82(86)83-80(79-90-91(87,88)89-78-77-84(3,4)5)81(85)75-73-71-69-67-65-63-61-59-57-55-53-51-49-35-33-31-29-27-25-23-21-19-17-15-13-11-9-7-2/h8,10,14,16,20,22,26,28,32,34,37-38,73,75,80-81,85H,6-7,9,11-13,15,17-19,21,23-25,27,29-31,33,35-36,39-72,74,76-79H2,1-5H3,(H-,83,86,87,88)/b10-8-,16-14-,22-20-,28-26-,34-32-,38-37-,75-73+. The van der Waals surface area contributed by atoms with E-state index >= 15 is 0 Å². The number of likely N-dealkylation sites (N-methyl/N-ethyl adjacent to an activating group) is 1. The molecule has 0 aromatic carbocycles. The fourth-order valence-corrected chi connectivity index (χ4v) is 12.5. The molecule has 0 fully saturated rings. The van der Waals surface area contributed by atoms with Gasteiger partial charge < -0.3 is 28.8 Å². The fraction of sp³-hybridized carbons (Fsp3) is 0.817. The molecule has 0 aromatic rings. The number of allylic oxidation sites excluding steroid dienone is 13. The number of quaternary nitrogens is 1. The molecule has 532 valence electrons. The van der Waals surface area contributed by atoms with Gasteiger partial charge in [0.1, 0.15) is 13.2 Å². The van der Waals surface area contributed by atoms with Crippen molar-refractivity contribution in [2.24, 2.45) is 0 Å². The summed E-state index contributed by atoms with van der Waals surface area (Å²) in [5, 5.41) is 14.0. The number of carbonyl (C=O) groups is 1. The van der Waals surface area contributed by atoms with Crippen molar-refractivity contribution < 1.29 is 32.9 Å². The number of carbonyl (C=O) groups excluding carboxylic acids is 1. The number of aliphatic hydroxyl groups is 1. The minimum absolute atomic E-state index is 0.000574. The van der Waals surface area contributed by atoms with Gasteiger partial charge in [-0.05, 0) is 70.6 Å². The van der Waals surface area contributed by atoms with Crippen molar-refractivity contribution in [1.29, 1.82) is 0 Å². The summed E-state index contributed by atoms with van der Waals surface area (Å²) >= 11 is 0. The van der Waals surface area contributed by atoms with Crippen LogP contribution in [-0.4, -0.2) is 68.5 Å². The number of nitrogens with zero attached hydrogens (tertiary/aromatic N) is 1. The summed E-state index contributed by atoms with van der Waals surface area (Å²) in [6.07, 6.45) is 103. The molecule has 0 aliphatic carbocycles. The Morgan fingerprint density at radius 2 is 0.670 bits per heavy atom. The van der Waals surface area contributed by atoms with Crippen LogP contribution in [0.2, 0.25) is 0 Å². The van der Waals surface area contributed by atoms with Crippen LogP contribution in [0.15, 0.2) is 85.1 Å². The Morgan fingerprint density at radius 3 is 0.978 bits per heavy atom. The van der Waals surface area contributed by atoms with Gasteiger partial charge in [0.25, 0.3) is 7.82 Å². The molecule has 0 aliphatic rings. The highest BCUT2D eigenvalue weighted by Gasteiger charge is 2.23. The molecule has 3 unspecified atom stereocenters. The summed E-state index contributed by atoms with van der Waals surface area (Å²) in [6.45, 7) is 4.59. The molecule has 0 bridgehead atoms. The predicted molar refractivity (Wildman–Crippen MR) is 399 cm³/mol. The van der Waals surface area contributed by atoms with Crippen molar-refractivity contribution in [3.63, 3.8) is 0 Å². The van der Waals surface area contributed by atoms with E-state index < -0.39 is 20.0 Å². The zero-order valence-corrected chi connectivity index (χ0v) is 61.9. The van der Waals surface area contributed by atoms with Gasteiger partial charge in [0.05, 0.1) is 39.9 Å². The molecule has 1 amide bonds. The van der Waals surface area contributed by atoms with E-state index in [0.717, 1.165) is 77.0 Å². The lowest BCUT2D eigenvalue weighted by Crippen LogP contribution is -2.45. The van der Waals surface area contributed by atoms with Gasteiger partial charge in [0, 0.05) is 6.42 Å². The van der Waals surface area contributed by atoms with Crippen LogP contribution in [0.3, 0.4) is 0 Å². The van der Waals surface area contributed by atoms with E-state index in [1.54, 1.807) is 6.08 Å². The van der Waals surface area contributed by atoms with Crippen molar-refractivity contribution >= 4 is 13.7 Å². The zero-order valence-electron chi connectivity index (χ0n) is 61.0. The largest absolute Gasteiger partial charge is 0.756 e. The Labute approximate surface area is 567 Å². The van der Waals surface area contributed by atoms with Crippen molar-refractivity contribution in [2.45, 2.75) is 392 Å². The average Bonchev–Trinajstić information content (AvgIpc) is 3.59. The number of unbranched alkanes of at least 4 members (excludes halogenated alkanes) is 48. The first-order valence-corrected chi connectivity index (χ1v) is 40.9. The number of phosphoric ester groups is 1. The number of amides is 1. The Bertz CT molecular complexity index is 1760. The van der Waals surface area contributed by atoms with E-state index in [1.165, 1.54) is 283 Å². The van der Waals surface area contributed by atoms with Crippen molar-refractivity contribution in [1.82, 2.24) is 5.32 Å². The van der Waals surface area contributed by atoms with Crippen LogP contribution >= 0.6 is 7.82 Å². The third-order valence-corrected chi connectivity index (χ3v) is 18.8. The maximum atomic E-state index is 13.1. The minimum Gasteiger partial charge on any atom is -0.756 e. The molecule has 0 saturated heterocycles. The average molecular weight is 1290 g/mol. The SMILES string of the molecule is CC/C=C\C/C=C\C/C=C\C/C=C\C/C=C\C/C=C\CCCCCCCCCCCCCCCCCCCCCCCCC(=O)NC(COP(=O)([O-])OCC[N+](C)(C)C)C(O)/C=C/CCCCCCCCCCCCCCCCCCCCCCCCCCCC. The lowest BCUT2D eigenvalue weighted by Gasteiger charge is -2.29. The smallest absolute Gasteiger partial charge is 0.268 e. The first kappa shape index (κ1) is 88.7. The van der Waals surface area contributed by atoms with E-state index in [9.17, 15) is 19.4 Å². The lowest BCUT2D eigenvalue weighted by atomic mass is 10.0. The van der Waals surface area contributed by atoms with E-state index in [2.05, 4.69) is 92.1 Å². The van der Waals surface area contributed by atoms with E-state index in [4.69, 9.17) is 9.05 Å². The van der Waals surface area contributed by atoms with Gasteiger partial charge in [-0.1, -0.05) is 388 Å². The summed E-state index contributed by atoms with van der Waals surface area (Å²) in [4.78, 5) is 25.7. The van der Waals surface area contributed by atoms with Crippen molar-refractivity contribution in [2.75, 3.05) is 40.9 Å². The van der Waals surface area contributed by atoms with Gasteiger partial charge in [0.15, 0.2) is 0 Å². The molecule has 0 rings (SSSR count). The monoisotopic (exact) mass is 1290 g/mol. The van der Waals surface area contributed by atoms with Gasteiger partial charge in [0.2, 0.25) is 5.91 Å². The number of hydrogen-bond acceptors (Lipinski definition) is 6. The third kappa shape index (κ3) is 74.9. The summed E-state index contributed by atoms with van der Waals surface area (Å²) < 4.78 is 23.5. The molecule has 0 spiro atoms. The van der Waals surface area contributed by atoms with Gasteiger partial charge in [-0.25, -0.2) is 0 Å². The Morgan fingerprint density at radius 1 is 0.396 bits per heavy atom. The fourth-order valence-electron chi connectivity index (χ4n) is 11.8. The zero-order chi connectivity index (χ0) is 66.2. The molecule has 0 radical (unpaired) electrons. The molecule has 0 aliphatic heterocycles. The second kappa shape index (κ2) is 72.0. The van der Waals surface area contributed by atoms with Gasteiger partial charge in [-0.2, -0.15) is 0 Å². The normalized spacial score (nSPS) is 14.0. The molecule has 91 heavy (non-hydrogen) atoms. The highest BCUT2D eigenvalue weighted by Crippen LogP contribution is 2.38. The molecular weight excluding hydrogens is 1140 g/mol. The third-order valence-electron chi connectivity index (χ3n) is 17.9. The number of rotatable bonds is 73. The maximum absolute atomic E-state index is 13.1. The quantitative estimate of drug-likeness (QED) is 0.0272. The van der Waals surface area contributed by atoms with Crippen LogP contribution < -0.4 is 10.2 Å². The molecule has 0 saturated carbocycles. The number of hydrogen-bond donors (Lipinski definition) is 2. The van der Waals surface area contributed by atoms with Gasteiger partial charge in [-0.15, -0.1) is 0 Å². The second-order valence-electron chi connectivity index (χ2n) is 28.0. The number of nitrogens with one attached hydrogen (secondary N) is 1. The Balaban J connectivity index is 3.95. The molecule has 3 atom stereocenters. The van der Waals surface area contributed by atoms with E-state index in [-0.39, 0.29) is 19.1 Å². The topological polar surface area (TPSA) is 108 Å². The number of phosphoric acid groups is 1. The van der Waals surface area contributed by atoms with Crippen LogP contribution in [0, 0.1) is 0 Å². The van der Waals surface area contributed by atoms with Crippen LogP contribution in [-0.2, 0) is 18.4 Å². The molecule has 2 N–H and O–H groups in total. The van der Waals surface area contributed by atoms with Gasteiger partial charge in [-0.3, -0.25) is 9.36 Å². The Hall–Kier alpha value is -2.32. The Kier molecular flexibility index (Phi) is 70.1. The highest BCUT2D eigenvalue weighted by molar-refractivity contribution is 7.45. The summed E-state index contributed by atoms with van der Waals surface area (Å²) in [6, 6.07) is -0.890. The maximum Gasteiger partial charge on any atom is 0.268 e. The van der Waals surface area contributed by atoms with E-state index in [0.29, 0.717) is 17.4 Å².